The molecule has 0 saturated carbocycles. The van der Waals surface area contributed by atoms with Gasteiger partial charge in [-0.3, -0.25) is 9.59 Å². The Morgan fingerprint density at radius 2 is 2.14 bits per heavy atom. The summed E-state index contributed by atoms with van der Waals surface area (Å²) in [6.07, 6.45) is 1.57. The number of rotatable bonds is 4. The number of amides is 2. The van der Waals surface area contributed by atoms with Gasteiger partial charge < -0.3 is 15.0 Å². The number of hydrogen-bond acceptors (Lipinski definition) is 4. The summed E-state index contributed by atoms with van der Waals surface area (Å²) in [4.78, 5) is 26.4. The standard InChI is InChI=1S/C14H19BrN2O3S/c1-9-7-11(21-13(9)15)14(19)16-10-3-5-17(6-4-10)12(18)8-20-2/h7,10H,3-6,8H2,1-2H3,(H,16,19). The molecule has 0 atom stereocenters. The van der Waals surface area contributed by atoms with Gasteiger partial charge in [0.05, 0.1) is 8.66 Å². The highest BCUT2D eigenvalue weighted by Crippen LogP contribution is 2.27. The fourth-order valence-electron chi connectivity index (χ4n) is 2.32. The highest BCUT2D eigenvalue weighted by atomic mass is 79.9. The number of aryl methyl sites for hydroxylation is 1. The number of halogens is 1. The first kappa shape index (κ1) is 16.5. The quantitative estimate of drug-likeness (QED) is 0.878. The van der Waals surface area contributed by atoms with Gasteiger partial charge in [-0.2, -0.15) is 0 Å². The van der Waals surface area contributed by atoms with E-state index in [0.29, 0.717) is 13.1 Å². The van der Waals surface area contributed by atoms with Crippen LogP contribution in [0, 0.1) is 6.92 Å². The molecule has 0 aliphatic carbocycles. The maximum Gasteiger partial charge on any atom is 0.261 e. The van der Waals surface area contributed by atoms with Crippen LogP contribution in [0.5, 0.6) is 0 Å². The first-order chi connectivity index (χ1) is 10.0. The molecular weight excluding hydrogens is 356 g/mol. The molecule has 5 nitrogen and oxygen atoms in total. The van der Waals surface area contributed by atoms with E-state index in [1.807, 2.05) is 13.0 Å². The van der Waals surface area contributed by atoms with Crippen molar-refractivity contribution in [2.24, 2.45) is 0 Å². The zero-order valence-corrected chi connectivity index (χ0v) is 14.6. The van der Waals surface area contributed by atoms with Crippen molar-refractivity contribution in [3.05, 3.63) is 20.3 Å². The molecule has 0 aromatic carbocycles. The molecule has 0 unspecified atom stereocenters. The Labute approximate surface area is 136 Å². The molecule has 0 spiro atoms. The lowest BCUT2D eigenvalue weighted by molar-refractivity contribution is -0.136. The summed E-state index contributed by atoms with van der Waals surface area (Å²) in [6.45, 7) is 3.43. The van der Waals surface area contributed by atoms with Crippen LogP contribution in [0.15, 0.2) is 9.85 Å². The van der Waals surface area contributed by atoms with E-state index in [1.54, 1.807) is 4.90 Å². The molecule has 1 aromatic rings. The van der Waals surface area contributed by atoms with E-state index in [9.17, 15) is 9.59 Å². The van der Waals surface area contributed by atoms with Gasteiger partial charge >= 0.3 is 0 Å². The van der Waals surface area contributed by atoms with Gasteiger partial charge in [-0.25, -0.2) is 0 Å². The largest absolute Gasteiger partial charge is 0.375 e. The summed E-state index contributed by atoms with van der Waals surface area (Å²) in [5, 5.41) is 3.05. The smallest absolute Gasteiger partial charge is 0.261 e. The second-order valence-electron chi connectivity index (χ2n) is 5.13. The van der Waals surface area contributed by atoms with E-state index < -0.39 is 0 Å². The number of hydrogen-bond donors (Lipinski definition) is 1. The highest BCUT2D eigenvalue weighted by Gasteiger charge is 2.24. The molecule has 2 heterocycles. The summed E-state index contributed by atoms with van der Waals surface area (Å²) in [5.41, 5.74) is 1.07. The van der Waals surface area contributed by atoms with Crippen molar-refractivity contribution in [2.45, 2.75) is 25.8 Å². The first-order valence-electron chi connectivity index (χ1n) is 6.84. The van der Waals surface area contributed by atoms with Crippen molar-refractivity contribution in [2.75, 3.05) is 26.8 Å². The molecule has 1 aliphatic rings. The fourth-order valence-corrected chi connectivity index (χ4v) is 3.75. The van der Waals surface area contributed by atoms with E-state index in [1.165, 1.54) is 18.4 Å². The minimum absolute atomic E-state index is 0.0140. The Kier molecular flexibility index (Phi) is 5.78. The Bertz CT molecular complexity index is 505. The number of nitrogens with one attached hydrogen (secondary N) is 1. The van der Waals surface area contributed by atoms with Crippen LogP contribution in [0.1, 0.15) is 28.1 Å². The van der Waals surface area contributed by atoms with Crippen LogP contribution in [-0.2, 0) is 9.53 Å². The minimum Gasteiger partial charge on any atom is -0.375 e. The van der Waals surface area contributed by atoms with Gasteiger partial charge in [0.25, 0.3) is 5.91 Å². The van der Waals surface area contributed by atoms with Crippen LogP contribution in [0.3, 0.4) is 0 Å². The number of nitrogens with zero attached hydrogens (tertiary/aromatic N) is 1. The van der Waals surface area contributed by atoms with Gasteiger partial charge in [-0.1, -0.05) is 0 Å². The van der Waals surface area contributed by atoms with Gasteiger partial charge in [0.1, 0.15) is 6.61 Å². The predicted molar refractivity (Wildman–Crippen MR) is 85.7 cm³/mol. The first-order valence-corrected chi connectivity index (χ1v) is 8.45. The second-order valence-corrected chi connectivity index (χ2v) is 7.50. The lowest BCUT2D eigenvalue weighted by Crippen LogP contribution is -2.47. The van der Waals surface area contributed by atoms with E-state index >= 15 is 0 Å². The van der Waals surface area contributed by atoms with E-state index in [0.717, 1.165) is 27.1 Å². The summed E-state index contributed by atoms with van der Waals surface area (Å²) >= 11 is 4.88. The SMILES string of the molecule is COCC(=O)N1CCC(NC(=O)c2cc(C)c(Br)s2)CC1. The fraction of sp³-hybridized carbons (Fsp3) is 0.571. The van der Waals surface area contributed by atoms with Crippen molar-refractivity contribution in [3.63, 3.8) is 0 Å². The summed E-state index contributed by atoms with van der Waals surface area (Å²) in [5.74, 6) is -0.0180. The molecule has 21 heavy (non-hydrogen) atoms. The van der Waals surface area contributed by atoms with Crippen molar-refractivity contribution < 1.29 is 14.3 Å². The van der Waals surface area contributed by atoms with Crippen LogP contribution >= 0.6 is 27.3 Å². The third-order valence-corrected chi connectivity index (χ3v) is 5.67. The molecule has 2 amide bonds. The second kappa shape index (κ2) is 7.38. The molecule has 0 radical (unpaired) electrons. The van der Waals surface area contributed by atoms with Gasteiger partial charge in [0.15, 0.2) is 0 Å². The zero-order valence-electron chi connectivity index (χ0n) is 12.1. The van der Waals surface area contributed by atoms with Gasteiger partial charge in [-0.05, 0) is 47.3 Å². The molecule has 2 rings (SSSR count). The molecule has 1 N–H and O–H groups in total. The molecule has 7 heteroatoms. The van der Waals surface area contributed by atoms with E-state index in [-0.39, 0.29) is 24.5 Å². The maximum absolute atomic E-state index is 12.2. The van der Waals surface area contributed by atoms with Crippen molar-refractivity contribution in [3.8, 4) is 0 Å². The van der Waals surface area contributed by atoms with Crippen LogP contribution in [0.2, 0.25) is 0 Å². The number of likely N-dealkylation sites (tertiary alicyclic amines) is 1. The molecule has 1 fully saturated rings. The Balaban J connectivity index is 1.83. The van der Waals surface area contributed by atoms with E-state index in [2.05, 4.69) is 21.2 Å². The lowest BCUT2D eigenvalue weighted by Gasteiger charge is -2.32. The minimum atomic E-state index is -0.0320. The van der Waals surface area contributed by atoms with Crippen LogP contribution in [0.25, 0.3) is 0 Å². The Hall–Kier alpha value is -0.920. The van der Waals surface area contributed by atoms with E-state index in [4.69, 9.17) is 4.74 Å². The monoisotopic (exact) mass is 374 g/mol. The molecule has 0 bridgehead atoms. The van der Waals surface area contributed by atoms with Crippen LogP contribution in [0.4, 0.5) is 0 Å². The Morgan fingerprint density at radius 3 is 2.67 bits per heavy atom. The van der Waals surface area contributed by atoms with Crippen molar-refractivity contribution >= 4 is 39.1 Å². The predicted octanol–water partition coefficient (Wildman–Crippen LogP) is 2.19. The molecule has 1 saturated heterocycles. The van der Waals surface area contributed by atoms with Gasteiger partial charge in [0.2, 0.25) is 5.91 Å². The summed E-state index contributed by atoms with van der Waals surface area (Å²) in [6, 6.07) is 2.02. The topological polar surface area (TPSA) is 58.6 Å². The lowest BCUT2D eigenvalue weighted by atomic mass is 10.0. The highest BCUT2D eigenvalue weighted by molar-refractivity contribution is 9.11. The van der Waals surface area contributed by atoms with Crippen molar-refractivity contribution in [1.82, 2.24) is 10.2 Å². The number of carbonyl (C=O) groups excluding carboxylic acids is 2. The average molecular weight is 375 g/mol. The molecular formula is C14H19BrN2O3S. The normalized spacial score (nSPS) is 16.0. The van der Waals surface area contributed by atoms with Gasteiger partial charge in [0, 0.05) is 26.2 Å². The van der Waals surface area contributed by atoms with Crippen molar-refractivity contribution in [1.29, 1.82) is 0 Å². The number of piperidine rings is 1. The van der Waals surface area contributed by atoms with Crippen LogP contribution in [-0.4, -0.2) is 49.6 Å². The zero-order chi connectivity index (χ0) is 15.4. The summed E-state index contributed by atoms with van der Waals surface area (Å²) in [7, 11) is 1.52. The third-order valence-electron chi connectivity index (χ3n) is 3.53. The molecule has 1 aromatic heterocycles. The number of methoxy groups -OCH3 is 1. The maximum atomic E-state index is 12.2. The third kappa shape index (κ3) is 4.28. The number of ether oxygens (including phenoxy) is 1. The van der Waals surface area contributed by atoms with Gasteiger partial charge in [-0.15, -0.1) is 11.3 Å². The number of thiophene rings is 1. The molecule has 116 valence electrons. The molecule has 1 aliphatic heterocycles. The van der Waals surface area contributed by atoms with Crippen LogP contribution < -0.4 is 5.32 Å². The summed E-state index contributed by atoms with van der Waals surface area (Å²) < 4.78 is 5.85. The number of carbonyl (C=O) groups is 2. The average Bonchev–Trinajstić information content (AvgIpc) is 2.80. The Morgan fingerprint density at radius 1 is 1.48 bits per heavy atom.